The van der Waals surface area contributed by atoms with Gasteiger partial charge in [-0.2, -0.15) is 0 Å². The van der Waals surface area contributed by atoms with E-state index < -0.39 is 0 Å². The second-order valence-electron chi connectivity index (χ2n) is 5.52. The van der Waals surface area contributed by atoms with E-state index in [1.54, 1.807) is 0 Å². The Morgan fingerprint density at radius 1 is 1.20 bits per heavy atom. The number of likely N-dealkylation sites (N-methyl/N-ethyl adjacent to an activating group) is 2. The number of halogens is 2. The summed E-state index contributed by atoms with van der Waals surface area (Å²) in [6, 6.07) is 5.68. The van der Waals surface area contributed by atoms with E-state index >= 15 is 0 Å². The molecule has 20 heavy (non-hydrogen) atoms. The number of hydrogen-bond donors (Lipinski definition) is 0. The summed E-state index contributed by atoms with van der Waals surface area (Å²) in [6.45, 7) is 2.39. The fourth-order valence-electron chi connectivity index (χ4n) is 2.10. The molecule has 110 valence electrons. The van der Waals surface area contributed by atoms with Crippen molar-refractivity contribution in [1.82, 2.24) is 9.80 Å². The Labute approximate surface area is 130 Å². The molecule has 0 heterocycles. The second-order valence-corrected chi connectivity index (χ2v) is 6.33. The van der Waals surface area contributed by atoms with E-state index in [9.17, 15) is 4.79 Å². The van der Waals surface area contributed by atoms with Crippen molar-refractivity contribution in [3.63, 3.8) is 0 Å². The Hall–Kier alpha value is -0.770. The largest absolute Gasteiger partial charge is 0.344 e. The van der Waals surface area contributed by atoms with E-state index in [1.807, 2.05) is 37.2 Å². The molecule has 1 amide bonds. The molecule has 1 aromatic carbocycles. The van der Waals surface area contributed by atoms with Crippen LogP contribution in [0.5, 0.6) is 0 Å². The monoisotopic (exact) mass is 314 g/mol. The summed E-state index contributed by atoms with van der Waals surface area (Å²) >= 11 is 11.9. The van der Waals surface area contributed by atoms with Crippen LogP contribution in [-0.2, 0) is 11.3 Å². The normalized spacial score (nSPS) is 14.7. The smallest absolute Gasteiger partial charge is 0.225 e. The Balaban J connectivity index is 1.78. The number of hydrogen-bond acceptors (Lipinski definition) is 2. The topological polar surface area (TPSA) is 23.6 Å². The summed E-state index contributed by atoms with van der Waals surface area (Å²) in [6.07, 6.45) is 2.12. The van der Waals surface area contributed by atoms with Crippen molar-refractivity contribution < 1.29 is 4.79 Å². The molecule has 1 aliphatic carbocycles. The van der Waals surface area contributed by atoms with Gasteiger partial charge in [0, 0.05) is 32.6 Å². The molecule has 0 aliphatic heterocycles. The van der Waals surface area contributed by atoms with Gasteiger partial charge < -0.3 is 9.80 Å². The first-order valence-electron chi connectivity index (χ1n) is 6.85. The minimum absolute atomic E-state index is 0.285. The standard InChI is InChI=1S/C15H20Cl2N2O/c1-18(7-8-19(2)15(20)12-4-5-12)10-11-3-6-13(16)14(17)9-11/h3,6,9,12H,4-5,7-8,10H2,1-2H3. The lowest BCUT2D eigenvalue weighted by molar-refractivity contribution is -0.131. The maximum Gasteiger partial charge on any atom is 0.225 e. The third-order valence-corrected chi connectivity index (χ3v) is 4.30. The van der Waals surface area contributed by atoms with Crippen LogP contribution >= 0.6 is 23.2 Å². The van der Waals surface area contributed by atoms with Crippen LogP contribution in [0.25, 0.3) is 0 Å². The predicted molar refractivity (Wildman–Crippen MR) is 83.2 cm³/mol. The molecule has 0 unspecified atom stereocenters. The van der Waals surface area contributed by atoms with Gasteiger partial charge in [0.2, 0.25) is 5.91 Å². The van der Waals surface area contributed by atoms with E-state index in [1.165, 1.54) is 0 Å². The highest BCUT2D eigenvalue weighted by molar-refractivity contribution is 6.42. The van der Waals surface area contributed by atoms with Gasteiger partial charge in [-0.1, -0.05) is 29.3 Å². The van der Waals surface area contributed by atoms with Crippen molar-refractivity contribution in [2.24, 2.45) is 5.92 Å². The first-order chi connectivity index (χ1) is 9.47. The predicted octanol–water partition coefficient (Wildman–Crippen LogP) is 3.29. The number of benzene rings is 1. The van der Waals surface area contributed by atoms with Crippen LogP contribution in [0.3, 0.4) is 0 Å². The maximum atomic E-state index is 11.8. The van der Waals surface area contributed by atoms with Gasteiger partial charge >= 0.3 is 0 Å². The van der Waals surface area contributed by atoms with E-state index in [2.05, 4.69) is 4.90 Å². The number of carbonyl (C=O) groups excluding carboxylic acids is 1. The summed E-state index contributed by atoms with van der Waals surface area (Å²) in [5, 5.41) is 1.16. The Morgan fingerprint density at radius 3 is 2.50 bits per heavy atom. The molecule has 1 fully saturated rings. The quantitative estimate of drug-likeness (QED) is 0.804. The van der Waals surface area contributed by atoms with E-state index in [4.69, 9.17) is 23.2 Å². The highest BCUT2D eigenvalue weighted by atomic mass is 35.5. The van der Waals surface area contributed by atoms with Crippen molar-refractivity contribution >= 4 is 29.1 Å². The summed E-state index contributed by atoms with van der Waals surface area (Å²) in [7, 11) is 3.92. The highest BCUT2D eigenvalue weighted by Crippen LogP contribution is 2.30. The molecule has 5 heteroatoms. The van der Waals surface area contributed by atoms with E-state index in [0.717, 1.165) is 38.0 Å². The minimum Gasteiger partial charge on any atom is -0.344 e. The summed E-state index contributed by atoms with van der Waals surface area (Å²) < 4.78 is 0. The zero-order valence-electron chi connectivity index (χ0n) is 11.9. The van der Waals surface area contributed by atoms with Gasteiger partial charge in [-0.15, -0.1) is 0 Å². The average molecular weight is 315 g/mol. The van der Waals surface area contributed by atoms with E-state index in [0.29, 0.717) is 16.0 Å². The van der Waals surface area contributed by atoms with Crippen LogP contribution in [0.1, 0.15) is 18.4 Å². The number of amides is 1. The lowest BCUT2D eigenvalue weighted by Crippen LogP contribution is -2.35. The first kappa shape index (κ1) is 15.6. The molecule has 1 aromatic rings. The average Bonchev–Trinajstić information content (AvgIpc) is 3.24. The van der Waals surface area contributed by atoms with Gasteiger partial charge in [-0.05, 0) is 37.6 Å². The molecular formula is C15H20Cl2N2O. The molecule has 0 atom stereocenters. The molecule has 0 spiro atoms. The van der Waals surface area contributed by atoms with E-state index in [-0.39, 0.29) is 5.91 Å². The van der Waals surface area contributed by atoms with Gasteiger partial charge in [0.05, 0.1) is 10.0 Å². The SMILES string of the molecule is CN(CCN(C)C(=O)C1CC1)Cc1ccc(Cl)c(Cl)c1. The molecule has 0 aromatic heterocycles. The molecule has 2 rings (SSSR count). The highest BCUT2D eigenvalue weighted by Gasteiger charge is 2.31. The molecular weight excluding hydrogens is 295 g/mol. The lowest BCUT2D eigenvalue weighted by atomic mass is 10.2. The zero-order valence-corrected chi connectivity index (χ0v) is 13.4. The summed E-state index contributed by atoms with van der Waals surface area (Å²) in [4.78, 5) is 15.8. The summed E-state index contributed by atoms with van der Waals surface area (Å²) in [5.41, 5.74) is 1.12. The van der Waals surface area contributed by atoms with Crippen molar-refractivity contribution in [2.45, 2.75) is 19.4 Å². The van der Waals surface area contributed by atoms with Gasteiger partial charge in [0.25, 0.3) is 0 Å². The molecule has 3 nitrogen and oxygen atoms in total. The molecule has 0 saturated heterocycles. The van der Waals surface area contributed by atoms with Crippen molar-refractivity contribution in [3.05, 3.63) is 33.8 Å². The third-order valence-electron chi connectivity index (χ3n) is 3.56. The molecule has 0 bridgehead atoms. The first-order valence-corrected chi connectivity index (χ1v) is 7.60. The van der Waals surface area contributed by atoms with Crippen LogP contribution in [0.4, 0.5) is 0 Å². The summed E-state index contributed by atoms with van der Waals surface area (Å²) in [5.74, 6) is 0.577. The number of carbonyl (C=O) groups is 1. The lowest BCUT2D eigenvalue weighted by Gasteiger charge is -2.22. The Bertz CT molecular complexity index is 489. The number of nitrogens with zero attached hydrogens (tertiary/aromatic N) is 2. The van der Waals surface area contributed by atoms with Gasteiger partial charge in [-0.3, -0.25) is 4.79 Å². The zero-order chi connectivity index (χ0) is 14.7. The van der Waals surface area contributed by atoms with Crippen LogP contribution in [0, 0.1) is 5.92 Å². The van der Waals surface area contributed by atoms with Crippen LogP contribution < -0.4 is 0 Å². The molecule has 1 aliphatic rings. The Kier molecular flexibility index (Phi) is 5.30. The van der Waals surface area contributed by atoms with Crippen LogP contribution in [-0.4, -0.2) is 42.9 Å². The van der Waals surface area contributed by atoms with Crippen molar-refractivity contribution in [1.29, 1.82) is 0 Å². The van der Waals surface area contributed by atoms with Gasteiger partial charge in [0.15, 0.2) is 0 Å². The maximum absolute atomic E-state index is 11.8. The fourth-order valence-corrected chi connectivity index (χ4v) is 2.42. The van der Waals surface area contributed by atoms with Crippen molar-refractivity contribution in [3.8, 4) is 0 Å². The van der Waals surface area contributed by atoms with Crippen LogP contribution in [0.15, 0.2) is 18.2 Å². The Morgan fingerprint density at radius 2 is 1.90 bits per heavy atom. The molecule has 0 N–H and O–H groups in total. The second kappa shape index (κ2) is 6.79. The van der Waals surface area contributed by atoms with Gasteiger partial charge in [-0.25, -0.2) is 0 Å². The third kappa shape index (κ3) is 4.37. The fraction of sp³-hybridized carbons (Fsp3) is 0.533. The van der Waals surface area contributed by atoms with Crippen molar-refractivity contribution in [2.75, 3.05) is 27.2 Å². The molecule has 1 saturated carbocycles. The minimum atomic E-state index is 0.285. The molecule has 0 radical (unpaired) electrons. The van der Waals surface area contributed by atoms with Crippen LogP contribution in [0.2, 0.25) is 10.0 Å². The van der Waals surface area contributed by atoms with Gasteiger partial charge in [0.1, 0.15) is 0 Å². The number of rotatable bonds is 6.